The van der Waals surface area contributed by atoms with Gasteiger partial charge in [0.1, 0.15) is 24.2 Å². The number of methoxy groups -OCH3 is 2. The topological polar surface area (TPSA) is 86.3 Å². The van der Waals surface area contributed by atoms with Gasteiger partial charge in [-0.3, -0.25) is 0 Å². The monoisotopic (exact) mass is 456 g/mol. The zero-order valence-electron chi connectivity index (χ0n) is 19.5. The van der Waals surface area contributed by atoms with Gasteiger partial charge in [-0.1, -0.05) is 18.2 Å². The molecule has 1 saturated heterocycles. The predicted molar refractivity (Wildman–Crippen MR) is 124 cm³/mol. The number of ether oxygens (including phenoxy) is 4. The van der Waals surface area contributed by atoms with Crippen molar-refractivity contribution < 1.29 is 28.5 Å². The maximum absolute atomic E-state index is 12.6. The number of hydrogen-bond donors (Lipinski definition) is 1. The molecule has 1 aliphatic heterocycles. The third kappa shape index (κ3) is 7.39. The minimum atomic E-state index is -0.243. The molecular weight excluding hydrogens is 424 g/mol. The van der Waals surface area contributed by atoms with E-state index in [4.69, 9.17) is 18.9 Å². The average molecular weight is 457 g/mol. The van der Waals surface area contributed by atoms with E-state index >= 15 is 0 Å². The molecule has 1 heterocycles. The molecule has 8 heteroatoms. The molecule has 2 aromatic carbocycles. The van der Waals surface area contributed by atoms with Crippen molar-refractivity contribution in [3.05, 3.63) is 53.6 Å². The van der Waals surface area contributed by atoms with Crippen molar-refractivity contribution >= 4 is 11.8 Å². The van der Waals surface area contributed by atoms with Crippen LogP contribution in [0.5, 0.6) is 17.2 Å². The maximum atomic E-state index is 12.6. The number of amides is 2. The van der Waals surface area contributed by atoms with Gasteiger partial charge in [0.15, 0.2) is 11.5 Å². The van der Waals surface area contributed by atoms with Crippen LogP contribution in [0.2, 0.25) is 0 Å². The number of nitrogens with one attached hydrogen (secondary N) is 1. The molecule has 2 amide bonds. The number of morpholine rings is 1. The number of rotatable bonds is 10. The molecule has 1 atom stereocenters. The van der Waals surface area contributed by atoms with E-state index in [1.165, 1.54) is 0 Å². The molecular formula is C25H32N2O6. The van der Waals surface area contributed by atoms with Crippen molar-refractivity contribution in [2.75, 3.05) is 40.5 Å². The molecule has 1 aliphatic rings. The lowest BCUT2D eigenvalue weighted by molar-refractivity contribution is -0.116. The Morgan fingerprint density at radius 2 is 1.82 bits per heavy atom. The minimum Gasteiger partial charge on any atom is -0.497 e. The number of hydrogen-bond acceptors (Lipinski definition) is 6. The Morgan fingerprint density at radius 1 is 1.06 bits per heavy atom. The minimum absolute atomic E-state index is 0.133. The Bertz CT molecular complexity index is 931. The highest BCUT2D eigenvalue weighted by atomic mass is 16.5. The second kappa shape index (κ2) is 12.1. The highest BCUT2D eigenvalue weighted by Crippen LogP contribution is 2.29. The molecule has 1 fully saturated rings. The van der Waals surface area contributed by atoms with Crippen molar-refractivity contribution in [2.45, 2.75) is 32.4 Å². The van der Waals surface area contributed by atoms with E-state index in [0.29, 0.717) is 57.2 Å². The van der Waals surface area contributed by atoms with Crippen LogP contribution in [0.4, 0.5) is 4.79 Å². The summed E-state index contributed by atoms with van der Waals surface area (Å²) < 4.78 is 22.3. The molecule has 0 aliphatic carbocycles. The molecule has 2 aromatic rings. The van der Waals surface area contributed by atoms with Crippen molar-refractivity contribution in [3.8, 4) is 17.2 Å². The molecule has 1 N–H and O–H groups in total. The molecule has 0 spiro atoms. The molecule has 0 saturated carbocycles. The van der Waals surface area contributed by atoms with Crippen molar-refractivity contribution in [2.24, 2.45) is 0 Å². The van der Waals surface area contributed by atoms with Gasteiger partial charge >= 0.3 is 6.03 Å². The number of nitrogens with zero attached hydrogens (tertiary/aromatic N) is 1. The van der Waals surface area contributed by atoms with Crippen LogP contribution >= 0.6 is 0 Å². The van der Waals surface area contributed by atoms with E-state index < -0.39 is 0 Å². The summed E-state index contributed by atoms with van der Waals surface area (Å²) in [5, 5.41) is 2.95. The van der Waals surface area contributed by atoms with E-state index in [0.717, 1.165) is 16.9 Å². The van der Waals surface area contributed by atoms with Crippen LogP contribution in [-0.2, 0) is 22.5 Å². The smallest absolute Gasteiger partial charge is 0.317 e. The van der Waals surface area contributed by atoms with Crippen LogP contribution in [0.25, 0.3) is 0 Å². The molecule has 0 radical (unpaired) electrons. The highest BCUT2D eigenvalue weighted by Gasteiger charge is 2.25. The van der Waals surface area contributed by atoms with Gasteiger partial charge in [-0.25, -0.2) is 4.79 Å². The van der Waals surface area contributed by atoms with Crippen molar-refractivity contribution in [3.63, 3.8) is 0 Å². The zero-order valence-corrected chi connectivity index (χ0v) is 19.5. The summed E-state index contributed by atoms with van der Waals surface area (Å²) in [6.45, 7) is 3.74. The highest BCUT2D eigenvalue weighted by molar-refractivity contribution is 5.75. The number of carbonyl (C=O) groups is 2. The standard InChI is InChI=1S/C25H32N2O6/c1-18(28)4-5-19-8-11-23(24(14-19)31-3)33-17-22-16-27(12-13-32-22)25(29)26-15-20-6-9-21(30-2)10-7-20/h6-11,14,22H,4-5,12-13,15-17H2,1-3H3,(H,26,29). The van der Waals surface area contributed by atoms with Crippen LogP contribution in [0.15, 0.2) is 42.5 Å². The van der Waals surface area contributed by atoms with Gasteiger partial charge in [-0.2, -0.15) is 0 Å². The van der Waals surface area contributed by atoms with E-state index in [1.54, 1.807) is 26.0 Å². The lowest BCUT2D eigenvalue weighted by Crippen LogP contribution is -2.50. The van der Waals surface area contributed by atoms with Crippen LogP contribution in [0, 0.1) is 0 Å². The van der Waals surface area contributed by atoms with Gasteiger partial charge < -0.3 is 34.0 Å². The number of urea groups is 1. The quantitative estimate of drug-likeness (QED) is 0.591. The fourth-order valence-corrected chi connectivity index (χ4v) is 3.53. The largest absolute Gasteiger partial charge is 0.497 e. The van der Waals surface area contributed by atoms with Gasteiger partial charge in [0.25, 0.3) is 0 Å². The van der Waals surface area contributed by atoms with Crippen LogP contribution in [-0.4, -0.2) is 63.3 Å². The SMILES string of the molecule is COc1ccc(CNC(=O)N2CCOC(COc3ccc(CCC(C)=O)cc3OC)C2)cc1. The van der Waals surface area contributed by atoms with E-state index in [-0.39, 0.29) is 17.9 Å². The van der Waals surface area contributed by atoms with Crippen LogP contribution in [0.1, 0.15) is 24.5 Å². The number of ketones is 1. The summed E-state index contributed by atoms with van der Waals surface area (Å²) in [6.07, 6.45) is 0.918. The van der Waals surface area contributed by atoms with Gasteiger partial charge in [0.2, 0.25) is 0 Å². The molecule has 3 rings (SSSR count). The van der Waals surface area contributed by atoms with Crippen LogP contribution in [0.3, 0.4) is 0 Å². The molecule has 33 heavy (non-hydrogen) atoms. The third-order valence-electron chi connectivity index (χ3n) is 5.45. The van der Waals surface area contributed by atoms with Crippen molar-refractivity contribution in [1.29, 1.82) is 0 Å². The van der Waals surface area contributed by atoms with Crippen LogP contribution < -0.4 is 19.5 Å². The van der Waals surface area contributed by atoms with E-state index in [1.807, 2.05) is 42.5 Å². The Balaban J connectivity index is 1.48. The summed E-state index contributed by atoms with van der Waals surface area (Å²) >= 11 is 0. The summed E-state index contributed by atoms with van der Waals surface area (Å²) in [6, 6.07) is 13.1. The van der Waals surface area contributed by atoms with Gasteiger partial charge in [0, 0.05) is 19.5 Å². The second-order valence-corrected chi connectivity index (χ2v) is 7.94. The Morgan fingerprint density at radius 3 is 2.52 bits per heavy atom. The molecule has 178 valence electrons. The normalized spacial score (nSPS) is 15.6. The maximum Gasteiger partial charge on any atom is 0.317 e. The second-order valence-electron chi connectivity index (χ2n) is 7.94. The van der Waals surface area contributed by atoms with E-state index in [2.05, 4.69) is 5.32 Å². The Kier molecular flexibility index (Phi) is 8.95. The fourth-order valence-electron chi connectivity index (χ4n) is 3.53. The Labute approximate surface area is 194 Å². The Hall–Kier alpha value is -3.26. The first-order chi connectivity index (χ1) is 16.0. The van der Waals surface area contributed by atoms with Crippen molar-refractivity contribution in [1.82, 2.24) is 10.2 Å². The molecule has 0 aromatic heterocycles. The van der Waals surface area contributed by atoms with Gasteiger partial charge in [-0.05, 0) is 48.7 Å². The molecule has 1 unspecified atom stereocenters. The predicted octanol–water partition coefficient (Wildman–Crippen LogP) is 3.21. The lowest BCUT2D eigenvalue weighted by atomic mass is 10.1. The number of benzene rings is 2. The average Bonchev–Trinajstić information content (AvgIpc) is 2.85. The fraction of sp³-hybridized carbons (Fsp3) is 0.440. The molecule has 0 bridgehead atoms. The van der Waals surface area contributed by atoms with Gasteiger partial charge in [0.05, 0.1) is 27.4 Å². The summed E-state index contributed by atoms with van der Waals surface area (Å²) in [5.41, 5.74) is 2.01. The first-order valence-corrected chi connectivity index (χ1v) is 11.0. The molecule has 8 nitrogen and oxygen atoms in total. The summed E-state index contributed by atoms with van der Waals surface area (Å²) in [5.74, 6) is 2.15. The summed E-state index contributed by atoms with van der Waals surface area (Å²) in [4.78, 5) is 25.6. The van der Waals surface area contributed by atoms with Gasteiger partial charge in [-0.15, -0.1) is 0 Å². The van der Waals surface area contributed by atoms with E-state index in [9.17, 15) is 9.59 Å². The lowest BCUT2D eigenvalue weighted by Gasteiger charge is -2.33. The first-order valence-electron chi connectivity index (χ1n) is 11.0. The number of Topliss-reactive ketones (excluding diaryl/α,β-unsaturated/α-hetero) is 1. The third-order valence-corrected chi connectivity index (χ3v) is 5.45. The first kappa shape index (κ1) is 24.4. The zero-order chi connectivity index (χ0) is 23.6. The number of aryl methyl sites for hydroxylation is 1. The number of carbonyl (C=O) groups excluding carboxylic acids is 2. The summed E-state index contributed by atoms with van der Waals surface area (Å²) in [7, 11) is 3.21.